The number of hydrogen-bond acceptors (Lipinski definition) is 2. The molecule has 2 heteroatoms. The summed E-state index contributed by atoms with van der Waals surface area (Å²) in [5, 5.41) is 0. The molecular weight excluding hydrogens is 282 g/mol. The Bertz CT molecular complexity index is 567. The van der Waals surface area contributed by atoms with Crippen molar-refractivity contribution < 1.29 is 4.74 Å². The Balaban J connectivity index is 1.75. The molecule has 124 valence electrons. The summed E-state index contributed by atoms with van der Waals surface area (Å²) >= 11 is 0. The highest BCUT2D eigenvalue weighted by Gasteiger charge is 2.09. The van der Waals surface area contributed by atoms with Gasteiger partial charge in [0.25, 0.3) is 0 Å². The molecule has 1 atom stereocenters. The van der Waals surface area contributed by atoms with E-state index in [4.69, 9.17) is 4.74 Å². The van der Waals surface area contributed by atoms with Crippen molar-refractivity contribution in [2.75, 3.05) is 20.2 Å². The predicted octanol–water partition coefficient (Wildman–Crippen LogP) is 5.10. The molecule has 0 aliphatic rings. The first-order valence-electron chi connectivity index (χ1n) is 8.65. The van der Waals surface area contributed by atoms with Crippen molar-refractivity contribution in [3.05, 3.63) is 65.7 Å². The number of rotatable bonds is 9. The molecular formula is C21H29NO. The minimum absolute atomic E-state index is 0.548. The lowest BCUT2D eigenvalue weighted by atomic mass is 9.98. The van der Waals surface area contributed by atoms with Crippen molar-refractivity contribution in [2.24, 2.45) is 0 Å². The van der Waals surface area contributed by atoms with E-state index in [1.807, 2.05) is 0 Å². The lowest BCUT2D eigenvalue weighted by molar-refractivity contribution is 0.256. The van der Waals surface area contributed by atoms with Gasteiger partial charge < -0.3 is 9.64 Å². The minimum Gasteiger partial charge on any atom is -0.493 e. The van der Waals surface area contributed by atoms with Gasteiger partial charge in [-0.05, 0) is 43.0 Å². The van der Waals surface area contributed by atoms with Gasteiger partial charge in [0.1, 0.15) is 5.75 Å². The Hall–Kier alpha value is -1.80. The third-order valence-electron chi connectivity index (χ3n) is 4.30. The van der Waals surface area contributed by atoms with Crippen LogP contribution >= 0.6 is 0 Å². The Labute approximate surface area is 141 Å². The second kappa shape index (κ2) is 9.36. The van der Waals surface area contributed by atoms with Crippen LogP contribution in [0.15, 0.2) is 54.6 Å². The summed E-state index contributed by atoms with van der Waals surface area (Å²) in [6, 6.07) is 19.0. The van der Waals surface area contributed by atoms with E-state index in [0.29, 0.717) is 5.92 Å². The molecule has 0 spiro atoms. The van der Waals surface area contributed by atoms with E-state index in [2.05, 4.69) is 80.4 Å². The molecule has 0 unspecified atom stereocenters. The Morgan fingerprint density at radius 3 is 2.43 bits per heavy atom. The van der Waals surface area contributed by atoms with Crippen LogP contribution in [0.3, 0.4) is 0 Å². The molecule has 2 rings (SSSR count). The van der Waals surface area contributed by atoms with Crippen LogP contribution in [0.1, 0.15) is 43.7 Å². The summed E-state index contributed by atoms with van der Waals surface area (Å²) < 4.78 is 6.03. The fourth-order valence-electron chi connectivity index (χ4n) is 2.73. The average Bonchev–Trinajstić information content (AvgIpc) is 2.59. The van der Waals surface area contributed by atoms with Crippen molar-refractivity contribution in [2.45, 2.75) is 39.2 Å². The van der Waals surface area contributed by atoms with Gasteiger partial charge in [0.2, 0.25) is 0 Å². The van der Waals surface area contributed by atoms with E-state index in [1.165, 1.54) is 11.1 Å². The highest BCUT2D eigenvalue weighted by atomic mass is 16.5. The topological polar surface area (TPSA) is 12.5 Å². The first kappa shape index (κ1) is 17.6. The molecule has 0 amide bonds. The second-order valence-corrected chi connectivity index (χ2v) is 6.27. The SMILES string of the molecule is CC[C@H](C)c1ccccc1OCCCN(C)Cc1ccccc1. The van der Waals surface area contributed by atoms with Crippen LogP contribution in [0.2, 0.25) is 0 Å². The summed E-state index contributed by atoms with van der Waals surface area (Å²) in [5.74, 6) is 1.60. The average molecular weight is 311 g/mol. The number of ether oxygens (including phenoxy) is 1. The Morgan fingerprint density at radius 1 is 1.00 bits per heavy atom. The highest BCUT2D eigenvalue weighted by Crippen LogP contribution is 2.28. The lowest BCUT2D eigenvalue weighted by Gasteiger charge is -2.18. The zero-order chi connectivity index (χ0) is 16.5. The van der Waals surface area contributed by atoms with E-state index in [-0.39, 0.29) is 0 Å². The van der Waals surface area contributed by atoms with Gasteiger partial charge in [0.05, 0.1) is 6.61 Å². The molecule has 0 bridgehead atoms. The summed E-state index contributed by atoms with van der Waals surface area (Å²) in [4.78, 5) is 2.35. The second-order valence-electron chi connectivity index (χ2n) is 6.27. The fraction of sp³-hybridized carbons (Fsp3) is 0.429. The van der Waals surface area contributed by atoms with Crippen LogP contribution < -0.4 is 4.74 Å². The molecule has 0 radical (unpaired) electrons. The smallest absolute Gasteiger partial charge is 0.122 e. The van der Waals surface area contributed by atoms with E-state index in [0.717, 1.165) is 38.3 Å². The maximum absolute atomic E-state index is 6.03. The van der Waals surface area contributed by atoms with Gasteiger partial charge >= 0.3 is 0 Å². The lowest BCUT2D eigenvalue weighted by Crippen LogP contribution is -2.20. The quantitative estimate of drug-likeness (QED) is 0.597. The molecule has 0 saturated carbocycles. The van der Waals surface area contributed by atoms with Crippen LogP contribution in [-0.4, -0.2) is 25.1 Å². The summed E-state index contributed by atoms with van der Waals surface area (Å²) in [6.45, 7) is 7.28. The van der Waals surface area contributed by atoms with Crippen molar-refractivity contribution >= 4 is 0 Å². The molecule has 0 aromatic heterocycles. The summed E-state index contributed by atoms with van der Waals surface area (Å²) in [6.07, 6.45) is 2.18. The molecule has 2 aromatic carbocycles. The molecule has 0 saturated heterocycles. The normalized spacial score (nSPS) is 12.3. The maximum atomic E-state index is 6.03. The van der Waals surface area contributed by atoms with E-state index < -0.39 is 0 Å². The molecule has 2 nitrogen and oxygen atoms in total. The van der Waals surface area contributed by atoms with Gasteiger partial charge in [-0.15, -0.1) is 0 Å². The summed E-state index contributed by atoms with van der Waals surface area (Å²) in [5.41, 5.74) is 2.69. The Morgan fingerprint density at radius 2 is 1.70 bits per heavy atom. The monoisotopic (exact) mass is 311 g/mol. The first-order valence-corrected chi connectivity index (χ1v) is 8.65. The van der Waals surface area contributed by atoms with Gasteiger partial charge in [-0.3, -0.25) is 0 Å². The van der Waals surface area contributed by atoms with Crippen molar-refractivity contribution in [3.63, 3.8) is 0 Å². The van der Waals surface area contributed by atoms with Crippen LogP contribution in [0.4, 0.5) is 0 Å². The number of para-hydroxylation sites is 1. The molecule has 2 aromatic rings. The standard InChI is InChI=1S/C21H29NO/c1-4-18(2)20-13-8-9-14-21(20)23-16-10-15-22(3)17-19-11-6-5-7-12-19/h5-9,11-14,18H,4,10,15-17H2,1-3H3/t18-/m0/s1. The van der Waals surface area contributed by atoms with Crippen LogP contribution in [-0.2, 0) is 6.54 Å². The van der Waals surface area contributed by atoms with Gasteiger partial charge in [-0.25, -0.2) is 0 Å². The zero-order valence-corrected chi connectivity index (χ0v) is 14.7. The van der Waals surface area contributed by atoms with E-state index in [1.54, 1.807) is 0 Å². The van der Waals surface area contributed by atoms with Gasteiger partial charge in [0.15, 0.2) is 0 Å². The molecule has 0 aliphatic carbocycles. The van der Waals surface area contributed by atoms with Gasteiger partial charge in [-0.2, -0.15) is 0 Å². The Kier molecular flexibility index (Phi) is 7.15. The number of nitrogens with zero attached hydrogens (tertiary/aromatic N) is 1. The zero-order valence-electron chi connectivity index (χ0n) is 14.7. The molecule has 0 heterocycles. The number of benzene rings is 2. The molecule has 23 heavy (non-hydrogen) atoms. The summed E-state index contributed by atoms with van der Waals surface area (Å²) in [7, 11) is 2.17. The maximum Gasteiger partial charge on any atom is 0.122 e. The van der Waals surface area contributed by atoms with Crippen LogP contribution in [0.5, 0.6) is 5.75 Å². The molecule has 0 fully saturated rings. The van der Waals surface area contributed by atoms with E-state index >= 15 is 0 Å². The first-order chi connectivity index (χ1) is 11.2. The molecule has 0 aliphatic heterocycles. The van der Waals surface area contributed by atoms with Crippen LogP contribution in [0.25, 0.3) is 0 Å². The van der Waals surface area contributed by atoms with Crippen molar-refractivity contribution in [3.8, 4) is 5.75 Å². The third kappa shape index (κ3) is 5.72. The fourth-order valence-corrected chi connectivity index (χ4v) is 2.73. The largest absolute Gasteiger partial charge is 0.493 e. The van der Waals surface area contributed by atoms with Crippen molar-refractivity contribution in [1.82, 2.24) is 4.90 Å². The van der Waals surface area contributed by atoms with Gasteiger partial charge in [0, 0.05) is 13.1 Å². The highest BCUT2D eigenvalue weighted by molar-refractivity contribution is 5.35. The van der Waals surface area contributed by atoms with Gasteiger partial charge in [-0.1, -0.05) is 62.4 Å². The molecule has 0 N–H and O–H groups in total. The predicted molar refractivity (Wildman–Crippen MR) is 98.0 cm³/mol. The number of hydrogen-bond donors (Lipinski definition) is 0. The van der Waals surface area contributed by atoms with Crippen LogP contribution in [0, 0.1) is 0 Å². The minimum atomic E-state index is 0.548. The third-order valence-corrected chi connectivity index (χ3v) is 4.30. The van der Waals surface area contributed by atoms with E-state index in [9.17, 15) is 0 Å². The van der Waals surface area contributed by atoms with Crippen molar-refractivity contribution in [1.29, 1.82) is 0 Å².